The molecule has 3 rings (SSSR count). The molecule has 0 bridgehead atoms. The Morgan fingerprint density at radius 1 is 0.946 bits per heavy atom. The fraction of sp³-hybridized carbons (Fsp3) is 0.286. The second-order valence-corrected chi connectivity index (χ2v) is 7.25. The SMILES string of the molecule is CC(NC(=O)c1cc(OC(F)F)cc(C(F)(F)F)c1)c1nccnc1-c1ncc(OCC(F)(F)F)cn1. The number of rotatable bonds is 8. The van der Waals surface area contributed by atoms with Crippen molar-refractivity contribution in [3.8, 4) is 23.0 Å². The number of nitrogens with one attached hydrogen (secondary N) is 1. The fourth-order valence-electron chi connectivity index (χ4n) is 2.93. The number of alkyl halides is 8. The number of carbonyl (C=O) groups excluding carboxylic acids is 1. The predicted molar refractivity (Wildman–Crippen MR) is 109 cm³/mol. The first kappa shape index (κ1) is 27.5. The van der Waals surface area contributed by atoms with Gasteiger partial charge in [0, 0.05) is 18.0 Å². The van der Waals surface area contributed by atoms with Gasteiger partial charge in [0.1, 0.15) is 11.4 Å². The molecule has 1 aromatic carbocycles. The van der Waals surface area contributed by atoms with Gasteiger partial charge in [-0.15, -0.1) is 0 Å². The summed E-state index contributed by atoms with van der Waals surface area (Å²) in [7, 11) is 0. The summed E-state index contributed by atoms with van der Waals surface area (Å²) in [5.41, 5.74) is -1.95. The topological polar surface area (TPSA) is 99.1 Å². The van der Waals surface area contributed by atoms with Gasteiger partial charge in [-0.1, -0.05) is 0 Å². The first-order chi connectivity index (χ1) is 17.2. The zero-order valence-electron chi connectivity index (χ0n) is 18.4. The molecule has 0 radical (unpaired) electrons. The first-order valence-electron chi connectivity index (χ1n) is 10.0. The van der Waals surface area contributed by atoms with Gasteiger partial charge in [-0.2, -0.15) is 35.1 Å². The number of hydrogen-bond acceptors (Lipinski definition) is 7. The van der Waals surface area contributed by atoms with Crippen LogP contribution in [0.15, 0.2) is 43.0 Å². The molecule has 2 heterocycles. The molecule has 0 aliphatic rings. The molecule has 1 N–H and O–H groups in total. The summed E-state index contributed by atoms with van der Waals surface area (Å²) in [6.45, 7) is -3.59. The third-order valence-electron chi connectivity index (χ3n) is 4.45. The number of hydrogen-bond donors (Lipinski definition) is 1. The lowest BCUT2D eigenvalue weighted by Crippen LogP contribution is -2.28. The molecule has 198 valence electrons. The maximum atomic E-state index is 13.2. The van der Waals surface area contributed by atoms with Gasteiger partial charge in [-0.05, 0) is 25.1 Å². The maximum absolute atomic E-state index is 13.2. The molecule has 37 heavy (non-hydrogen) atoms. The number of amides is 1. The minimum absolute atomic E-state index is 0.00318. The van der Waals surface area contributed by atoms with Crippen molar-refractivity contribution < 1.29 is 49.4 Å². The van der Waals surface area contributed by atoms with E-state index in [1.165, 1.54) is 19.3 Å². The first-order valence-corrected chi connectivity index (χ1v) is 10.0. The number of nitrogens with zero attached hydrogens (tertiary/aromatic N) is 4. The van der Waals surface area contributed by atoms with Crippen molar-refractivity contribution in [1.29, 1.82) is 0 Å². The van der Waals surface area contributed by atoms with Crippen LogP contribution in [-0.2, 0) is 6.18 Å². The molecule has 0 fully saturated rings. The van der Waals surface area contributed by atoms with Crippen molar-refractivity contribution in [2.45, 2.75) is 31.9 Å². The fourth-order valence-corrected chi connectivity index (χ4v) is 2.93. The second-order valence-electron chi connectivity index (χ2n) is 7.25. The zero-order chi connectivity index (χ0) is 27.4. The van der Waals surface area contributed by atoms with Crippen molar-refractivity contribution in [2.75, 3.05) is 6.61 Å². The number of ether oxygens (including phenoxy) is 2. The Labute approximate surface area is 202 Å². The van der Waals surface area contributed by atoms with E-state index in [1.807, 2.05) is 0 Å². The van der Waals surface area contributed by atoms with Crippen LogP contribution in [0.5, 0.6) is 11.5 Å². The van der Waals surface area contributed by atoms with Crippen LogP contribution in [0.3, 0.4) is 0 Å². The Balaban J connectivity index is 1.83. The van der Waals surface area contributed by atoms with E-state index >= 15 is 0 Å². The van der Waals surface area contributed by atoms with Crippen LogP contribution < -0.4 is 14.8 Å². The lowest BCUT2D eigenvalue weighted by atomic mass is 10.1. The average Bonchev–Trinajstić information content (AvgIpc) is 2.81. The Morgan fingerprint density at radius 3 is 2.19 bits per heavy atom. The second kappa shape index (κ2) is 10.9. The van der Waals surface area contributed by atoms with Gasteiger partial charge in [0.05, 0.1) is 29.7 Å². The van der Waals surface area contributed by atoms with Gasteiger partial charge < -0.3 is 14.8 Å². The highest BCUT2D eigenvalue weighted by atomic mass is 19.4. The van der Waals surface area contributed by atoms with E-state index in [4.69, 9.17) is 0 Å². The minimum atomic E-state index is -4.95. The predicted octanol–water partition coefficient (Wildman–Crippen LogP) is 4.99. The van der Waals surface area contributed by atoms with E-state index in [2.05, 4.69) is 34.7 Å². The Kier molecular flexibility index (Phi) is 8.08. The maximum Gasteiger partial charge on any atom is 0.422 e. The molecule has 1 atom stereocenters. The summed E-state index contributed by atoms with van der Waals surface area (Å²) in [4.78, 5) is 28.5. The third kappa shape index (κ3) is 7.68. The monoisotopic (exact) mass is 537 g/mol. The standard InChI is InChI=1S/C21H15F8N5O3/c1-10(34-18(35)11-4-12(21(27,28)29)6-13(5-11)37-19(22)23)15-16(31-3-2-30-15)17-32-7-14(8-33-17)36-9-20(24,25)26/h2-8,10,19H,9H2,1H3,(H,34,35). The van der Waals surface area contributed by atoms with Crippen LogP contribution >= 0.6 is 0 Å². The molecular weight excluding hydrogens is 522 g/mol. The number of aromatic nitrogens is 4. The summed E-state index contributed by atoms with van der Waals surface area (Å²) in [5, 5.41) is 2.37. The Morgan fingerprint density at radius 2 is 1.59 bits per heavy atom. The normalized spacial score (nSPS) is 12.8. The van der Waals surface area contributed by atoms with E-state index < -0.39 is 54.4 Å². The Hall–Kier alpha value is -4.11. The molecule has 0 aliphatic carbocycles. The summed E-state index contributed by atoms with van der Waals surface area (Å²) in [6, 6.07) is 0.479. The smallest absolute Gasteiger partial charge is 0.422 e. The highest BCUT2D eigenvalue weighted by Crippen LogP contribution is 2.33. The lowest BCUT2D eigenvalue weighted by Gasteiger charge is -2.17. The molecule has 0 saturated heterocycles. The molecule has 16 heteroatoms. The highest BCUT2D eigenvalue weighted by molar-refractivity contribution is 5.95. The molecule has 2 aromatic heterocycles. The summed E-state index contributed by atoms with van der Waals surface area (Å²) in [6.07, 6.45) is -5.12. The molecule has 0 spiro atoms. The van der Waals surface area contributed by atoms with Gasteiger partial charge >= 0.3 is 19.0 Å². The molecule has 8 nitrogen and oxygen atoms in total. The van der Waals surface area contributed by atoms with Gasteiger partial charge in [-0.3, -0.25) is 9.78 Å². The molecule has 1 amide bonds. The summed E-state index contributed by atoms with van der Waals surface area (Å²) < 4.78 is 110. The van der Waals surface area contributed by atoms with Gasteiger partial charge in [-0.25, -0.2) is 15.0 Å². The largest absolute Gasteiger partial charge is 0.481 e. The van der Waals surface area contributed by atoms with Crippen LogP contribution in [0.25, 0.3) is 11.5 Å². The van der Waals surface area contributed by atoms with Crippen molar-refractivity contribution >= 4 is 5.91 Å². The lowest BCUT2D eigenvalue weighted by molar-refractivity contribution is -0.153. The Bertz CT molecular complexity index is 1240. The van der Waals surface area contributed by atoms with Gasteiger partial charge in [0.2, 0.25) is 0 Å². The number of carbonyl (C=O) groups is 1. The highest BCUT2D eigenvalue weighted by Gasteiger charge is 2.33. The van der Waals surface area contributed by atoms with Gasteiger partial charge in [0.15, 0.2) is 18.2 Å². The van der Waals surface area contributed by atoms with Crippen LogP contribution in [0, 0.1) is 0 Å². The molecular formula is C21H15F8N5O3. The minimum Gasteiger partial charge on any atom is -0.481 e. The van der Waals surface area contributed by atoms with Crippen LogP contribution in [-0.4, -0.2) is 45.2 Å². The van der Waals surface area contributed by atoms with Crippen molar-refractivity contribution in [1.82, 2.24) is 25.3 Å². The van der Waals surface area contributed by atoms with E-state index in [0.29, 0.717) is 18.2 Å². The molecule has 1 unspecified atom stereocenters. The van der Waals surface area contributed by atoms with E-state index in [0.717, 1.165) is 12.4 Å². The van der Waals surface area contributed by atoms with Crippen LogP contribution in [0.2, 0.25) is 0 Å². The van der Waals surface area contributed by atoms with Crippen molar-refractivity contribution in [3.05, 3.63) is 59.8 Å². The van der Waals surface area contributed by atoms with E-state index in [-0.39, 0.29) is 23.0 Å². The van der Waals surface area contributed by atoms with Crippen molar-refractivity contribution in [3.63, 3.8) is 0 Å². The van der Waals surface area contributed by atoms with E-state index in [1.54, 1.807) is 0 Å². The molecule has 0 saturated carbocycles. The third-order valence-corrected chi connectivity index (χ3v) is 4.45. The number of halogens is 8. The zero-order valence-corrected chi connectivity index (χ0v) is 18.4. The number of benzene rings is 1. The molecule has 0 aliphatic heterocycles. The summed E-state index contributed by atoms with van der Waals surface area (Å²) in [5.74, 6) is -2.33. The van der Waals surface area contributed by atoms with Crippen LogP contribution in [0.1, 0.15) is 34.6 Å². The molecule has 3 aromatic rings. The average molecular weight is 537 g/mol. The van der Waals surface area contributed by atoms with Crippen molar-refractivity contribution in [2.24, 2.45) is 0 Å². The summed E-state index contributed by atoms with van der Waals surface area (Å²) >= 11 is 0. The van der Waals surface area contributed by atoms with E-state index in [9.17, 15) is 39.9 Å². The van der Waals surface area contributed by atoms with Gasteiger partial charge in [0.25, 0.3) is 5.91 Å². The van der Waals surface area contributed by atoms with Crippen LogP contribution in [0.4, 0.5) is 35.1 Å². The quantitative estimate of drug-likeness (QED) is 0.405.